The lowest BCUT2D eigenvalue weighted by molar-refractivity contribution is -0.0589. The van der Waals surface area contributed by atoms with E-state index in [9.17, 15) is 9.18 Å². The van der Waals surface area contributed by atoms with Gasteiger partial charge in [-0.15, -0.1) is 0 Å². The number of nitrogens with zero attached hydrogens (tertiary/aromatic N) is 5. The second kappa shape index (κ2) is 12.9. The van der Waals surface area contributed by atoms with Gasteiger partial charge < -0.3 is 18.8 Å². The van der Waals surface area contributed by atoms with Crippen LogP contribution in [0.15, 0.2) is 54.7 Å². The second-order valence-electron chi connectivity index (χ2n) is 10.5. The number of benzene rings is 2. The first kappa shape index (κ1) is 30.7. The van der Waals surface area contributed by atoms with E-state index in [4.69, 9.17) is 19.5 Å². The molecule has 13 heteroatoms. The first-order valence-corrected chi connectivity index (χ1v) is 14.3. The Hall–Kier alpha value is -5.35. The van der Waals surface area contributed by atoms with Gasteiger partial charge in [0.25, 0.3) is 0 Å². The fourth-order valence-corrected chi connectivity index (χ4v) is 5.03. The molecule has 2 aromatic carbocycles. The smallest absolute Gasteiger partial charge is 0.338 e. The zero-order chi connectivity index (χ0) is 32.4. The summed E-state index contributed by atoms with van der Waals surface area (Å²) in [6, 6.07) is 11.6. The predicted octanol–water partition coefficient (Wildman–Crippen LogP) is 6.06. The third kappa shape index (κ3) is 6.25. The molecule has 0 bridgehead atoms. The fraction of sp³-hybridized carbons (Fsp3) is 0.242. The van der Waals surface area contributed by atoms with E-state index >= 15 is 13.2 Å². The summed E-state index contributed by atoms with van der Waals surface area (Å²) < 4.78 is 78.8. The maximum Gasteiger partial charge on any atom is 0.338 e. The van der Waals surface area contributed by atoms with E-state index in [-0.39, 0.29) is 71.8 Å². The number of carbonyl (C=O) groups is 1. The Morgan fingerprint density at radius 1 is 1.04 bits per heavy atom. The van der Waals surface area contributed by atoms with Crippen molar-refractivity contribution in [2.24, 2.45) is 0 Å². The SMILES string of the molecule is CCOC(=O)c1cc(F)c2nc(Cc3cc(F)c(-c4nc(OCc5ccc(C#N)nc5)ccc4F)cc3F)n(CC3CCO3)c2c1. The number of pyridine rings is 2. The highest BCUT2D eigenvalue weighted by Gasteiger charge is 2.25. The number of ether oxygens (including phenoxy) is 3. The summed E-state index contributed by atoms with van der Waals surface area (Å²) >= 11 is 0. The molecule has 1 aliphatic heterocycles. The molecule has 9 nitrogen and oxygen atoms in total. The molecule has 46 heavy (non-hydrogen) atoms. The highest BCUT2D eigenvalue weighted by molar-refractivity contribution is 5.94. The van der Waals surface area contributed by atoms with Gasteiger partial charge in [0.05, 0.1) is 30.3 Å². The van der Waals surface area contributed by atoms with Crippen LogP contribution in [0.5, 0.6) is 5.88 Å². The molecule has 0 aliphatic carbocycles. The van der Waals surface area contributed by atoms with Gasteiger partial charge in [-0.1, -0.05) is 6.07 Å². The largest absolute Gasteiger partial charge is 0.473 e. The average molecular weight is 632 g/mol. The monoisotopic (exact) mass is 631 g/mol. The van der Waals surface area contributed by atoms with Gasteiger partial charge in [0.15, 0.2) is 5.82 Å². The predicted molar refractivity (Wildman–Crippen MR) is 156 cm³/mol. The first-order valence-electron chi connectivity index (χ1n) is 14.3. The number of aromatic nitrogens is 4. The molecule has 1 unspecified atom stereocenters. The van der Waals surface area contributed by atoms with Crippen LogP contribution in [0.25, 0.3) is 22.3 Å². The molecule has 1 fully saturated rings. The highest BCUT2D eigenvalue weighted by Crippen LogP contribution is 2.31. The minimum absolute atomic E-state index is 0.00929. The van der Waals surface area contributed by atoms with Crippen molar-refractivity contribution in [3.63, 3.8) is 0 Å². The van der Waals surface area contributed by atoms with Gasteiger partial charge in [-0.3, -0.25) is 0 Å². The van der Waals surface area contributed by atoms with Crippen molar-refractivity contribution in [1.82, 2.24) is 19.5 Å². The van der Waals surface area contributed by atoms with E-state index in [1.165, 1.54) is 24.4 Å². The molecular weight excluding hydrogens is 606 g/mol. The van der Waals surface area contributed by atoms with E-state index in [1.54, 1.807) is 17.6 Å². The Balaban J connectivity index is 1.30. The van der Waals surface area contributed by atoms with Crippen LogP contribution in [-0.2, 0) is 29.0 Å². The number of imidazole rings is 1. The van der Waals surface area contributed by atoms with Crippen molar-refractivity contribution in [3.05, 3.63) is 106 Å². The number of fused-ring (bicyclic) bond motifs is 1. The zero-order valence-electron chi connectivity index (χ0n) is 24.4. The maximum atomic E-state index is 15.6. The molecule has 5 aromatic rings. The number of halogens is 4. The Bertz CT molecular complexity index is 1990. The molecular formula is C33H25F4N5O4. The Morgan fingerprint density at radius 2 is 1.87 bits per heavy atom. The van der Waals surface area contributed by atoms with Crippen molar-refractivity contribution in [2.45, 2.75) is 39.0 Å². The lowest BCUT2D eigenvalue weighted by atomic mass is 10.0. The summed E-state index contributed by atoms with van der Waals surface area (Å²) in [6.45, 7) is 2.53. The van der Waals surface area contributed by atoms with Gasteiger partial charge >= 0.3 is 5.97 Å². The highest BCUT2D eigenvalue weighted by atomic mass is 19.1. The van der Waals surface area contributed by atoms with Gasteiger partial charge in [-0.05, 0) is 55.3 Å². The number of nitriles is 1. The van der Waals surface area contributed by atoms with Gasteiger partial charge in [-0.2, -0.15) is 5.26 Å². The van der Waals surface area contributed by atoms with Gasteiger partial charge in [0, 0.05) is 36.4 Å². The van der Waals surface area contributed by atoms with Crippen molar-refractivity contribution in [3.8, 4) is 23.2 Å². The summed E-state index contributed by atoms with van der Waals surface area (Å²) in [5, 5.41) is 8.89. The number of rotatable bonds is 10. The molecule has 0 radical (unpaired) electrons. The number of hydrogen-bond donors (Lipinski definition) is 0. The van der Waals surface area contributed by atoms with Crippen LogP contribution in [0.2, 0.25) is 0 Å². The van der Waals surface area contributed by atoms with Crippen molar-refractivity contribution < 1.29 is 36.6 Å². The second-order valence-corrected chi connectivity index (χ2v) is 10.5. The summed E-state index contributed by atoms with van der Waals surface area (Å²) in [7, 11) is 0. The van der Waals surface area contributed by atoms with Gasteiger partial charge in [0.2, 0.25) is 5.88 Å². The number of carbonyl (C=O) groups excluding carboxylic acids is 1. The summed E-state index contributed by atoms with van der Waals surface area (Å²) in [6.07, 6.45) is 1.74. The van der Waals surface area contributed by atoms with E-state index in [0.717, 1.165) is 30.7 Å². The van der Waals surface area contributed by atoms with Crippen molar-refractivity contribution in [2.75, 3.05) is 13.2 Å². The molecule has 1 atom stereocenters. The minimum Gasteiger partial charge on any atom is -0.473 e. The third-order valence-corrected chi connectivity index (χ3v) is 7.46. The van der Waals surface area contributed by atoms with Crippen LogP contribution >= 0.6 is 0 Å². The van der Waals surface area contributed by atoms with E-state index < -0.39 is 40.5 Å². The first-order chi connectivity index (χ1) is 22.2. The minimum atomic E-state index is -0.947. The van der Waals surface area contributed by atoms with Crippen LogP contribution < -0.4 is 4.74 Å². The van der Waals surface area contributed by atoms with Crippen LogP contribution in [0, 0.1) is 34.6 Å². The number of esters is 1. The molecule has 0 spiro atoms. The van der Waals surface area contributed by atoms with Crippen LogP contribution in [-0.4, -0.2) is 44.8 Å². The van der Waals surface area contributed by atoms with E-state index in [2.05, 4.69) is 15.0 Å². The fourth-order valence-electron chi connectivity index (χ4n) is 5.03. The average Bonchev–Trinajstić information content (AvgIpc) is 3.37. The summed E-state index contributed by atoms with van der Waals surface area (Å²) in [4.78, 5) is 24.7. The Morgan fingerprint density at radius 3 is 2.57 bits per heavy atom. The molecule has 0 saturated carbocycles. The topological polar surface area (TPSA) is 112 Å². The van der Waals surface area contributed by atoms with Gasteiger partial charge in [0.1, 0.15) is 52.9 Å². The number of hydrogen-bond acceptors (Lipinski definition) is 8. The molecule has 6 rings (SSSR count). The summed E-state index contributed by atoms with van der Waals surface area (Å²) in [5.74, 6) is -4.00. The molecule has 1 saturated heterocycles. The molecule has 0 amide bonds. The zero-order valence-corrected chi connectivity index (χ0v) is 24.4. The lowest BCUT2D eigenvalue weighted by Gasteiger charge is -2.27. The molecule has 3 aromatic heterocycles. The maximum absolute atomic E-state index is 15.6. The van der Waals surface area contributed by atoms with Crippen LogP contribution in [0.4, 0.5) is 17.6 Å². The standard InChI is InChI=1S/C33H25F4N5O4/c1-2-44-33(43)20-10-27(37)32-28(11-20)42(16-22-7-8-45-22)29(40-32)12-19-9-26(36)23(13-25(19)35)31-24(34)5-6-30(41-31)46-17-18-3-4-21(14-38)39-15-18/h3-6,9-11,13,15,22H,2,7-8,12,16-17H2,1H3. The van der Waals surface area contributed by atoms with Crippen LogP contribution in [0.1, 0.15) is 46.3 Å². The molecule has 4 heterocycles. The third-order valence-electron chi connectivity index (χ3n) is 7.46. The summed E-state index contributed by atoms with van der Waals surface area (Å²) in [5.41, 5.74) is 0.0779. The van der Waals surface area contributed by atoms with E-state index in [0.29, 0.717) is 12.2 Å². The Labute approximate surface area is 260 Å². The normalized spacial score (nSPS) is 14.1. The molecule has 234 valence electrons. The van der Waals surface area contributed by atoms with Crippen LogP contribution in [0.3, 0.4) is 0 Å². The van der Waals surface area contributed by atoms with Crippen molar-refractivity contribution in [1.29, 1.82) is 5.26 Å². The molecule has 0 N–H and O–H groups in total. The van der Waals surface area contributed by atoms with E-state index in [1.807, 2.05) is 6.07 Å². The van der Waals surface area contributed by atoms with Crippen molar-refractivity contribution >= 4 is 17.0 Å². The molecule has 1 aliphatic rings. The Kier molecular flexibility index (Phi) is 8.63. The lowest BCUT2D eigenvalue weighted by Crippen LogP contribution is -2.31. The van der Waals surface area contributed by atoms with Gasteiger partial charge in [-0.25, -0.2) is 37.3 Å². The quantitative estimate of drug-likeness (QED) is 0.135.